The van der Waals surface area contributed by atoms with Crippen molar-refractivity contribution in [3.05, 3.63) is 78.6 Å². The SMILES string of the molecule is C=C/C=C\C(=C)C1=CC=C=CC=C1. The van der Waals surface area contributed by atoms with Crippen molar-refractivity contribution in [2.45, 2.75) is 0 Å². The summed E-state index contributed by atoms with van der Waals surface area (Å²) in [6.07, 6.45) is 15.2. The first kappa shape index (κ1) is 9.31. The minimum atomic E-state index is 0.976. The van der Waals surface area contributed by atoms with Gasteiger partial charge < -0.3 is 0 Å². The predicted octanol–water partition coefficient (Wildman–Crippen LogP) is 3.49. The van der Waals surface area contributed by atoms with Gasteiger partial charge in [-0.05, 0) is 29.4 Å². The Hall–Kier alpha value is -1.78. The summed E-state index contributed by atoms with van der Waals surface area (Å²) in [6.45, 7) is 7.55. The summed E-state index contributed by atoms with van der Waals surface area (Å²) in [5.41, 5.74) is 5.06. The lowest BCUT2D eigenvalue weighted by Gasteiger charge is -1.98. The maximum atomic E-state index is 3.94. The highest BCUT2D eigenvalue weighted by atomic mass is 14.0. The van der Waals surface area contributed by atoms with Gasteiger partial charge in [0.2, 0.25) is 0 Å². The van der Waals surface area contributed by atoms with E-state index in [1.165, 1.54) is 0 Å². The first-order valence-electron chi connectivity index (χ1n) is 4.12. The van der Waals surface area contributed by atoms with Gasteiger partial charge in [-0.3, -0.25) is 0 Å². The Kier molecular flexibility index (Phi) is 3.56. The van der Waals surface area contributed by atoms with Crippen molar-refractivity contribution < 1.29 is 0 Å². The molecule has 0 aromatic heterocycles. The average molecular weight is 168 g/mol. The van der Waals surface area contributed by atoms with Crippen LogP contribution in [0.5, 0.6) is 0 Å². The van der Waals surface area contributed by atoms with E-state index in [9.17, 15) is 0 Å². The Bertz CT molecular complexity index is 353. The quantitative estimate of drug-likeness (QED) is 0.447. The Labute approximate surface area is 79.3 Å². The maximum Gasteiger partial charge on any atom is -0.0184 e. The van der Waals surface area contributed by atoms with Crippen LogP contribution >= 0.6 is 0 Å². The molecule has 1 aliphatic carbocycles. The van der Waals surface area contributed by atoms with Crippen molar-refractivity contribution in [2.75, 3.05) is 0 Å². The minimum absolute atomic E-state index is 0.976. The average Bonchev–Trinajstić information content (AvgIpc) is 2.42. The normalized spacial score (nSPS) is 14.3. The van der Waals surface area contributed by atoms with E-state index in [1.807, 2.05) is 42.5 Å². The molecule has 0 nitrogen and oxygen atoms in total. The van der Waals surface area contributed by atoms with Crippen molar-refractivity contribution in [3.63, 3.8) is 0 Å². The minimum Gasteiger partial charge on any atom is -0.121 e. The van der Waals surface area contributed by atoms with Gasteiger partial charge >= 0.3 is 0 Å². The van der Waals surface area contributed by atoms with Gasteiger partial charge in [-0.2, -0.15) is 0 Å². The van der Waals surface area contributed by atoms with E-state index in [4.69, 9.17) is 0 Å². The lowest BCUT2D eigenvalue weighted by Crippen LogP contribution is -1.78. The fraction of sp³-hybridized carbons (Fsp3) is 0. The summed E-state index contributed by atoms with van der Waals surface area (Å²) >= 11 is 0. The second-order valence-electron chi connectivity index (χ2n) is 2.60. The van der Waals surface area contributed by atoms with Gasteiger partial charge in [-0.25, -0.2) is 0 Å². The van der Waals surface area contributed by atoms with Crippen molar-refractivity contribution in [2.24, 2.45) is 0 Å². The molecule has 0 radical (unpaired) electrons. The van der Waals surface area contributed by atoms with E-state index in [-0.39, 0.29) is 0 Å². The lowest BCUT2D eigenvalue weighted by molar-refractivity contribution is 1.57. The highest BCUT2D eigenvalue weighted by Crippen LogP contribution is 2.12. The third-order valence-electron chi connectivity index (χ3n) is 1.63. The van der Waals surface area contributed by atoms with Gasteiger partial charge in [0, 0.05) is 0 Å². The highest BCUT2D eigenvalue weighted by molar-refractivity contribution is 5.48. The van der Waals surface area contributed by atoms with Crippen molar-refractivity contribution in [1.82, 2.24) is 0 Å². The first-order valence-corrected chi connectivity index (χ1v) is 4.12. The maximum absolute atomic E-state index is 3.94. The molecular formula is C13H12. The van der Waals surface area contributed by atoms with E-state index < -0.39 is 0 Å². The predicted molar refractivity (Wildman–Crippen MR) is 58.4 cm³/mol. The van der Waals surface area contributed by atoms with E-state index in [2.05, 4.69) is 18.9 Å². The summed E-state index contributed by atoms with van der Waals surface area (Å²) in [5.74, 6) is 0. The van der Waals surface area contributed by atoms with Crippen LogP contribution in [0.25, 0.3) is 0 Å². The summed E-state index contributed by atoms with van der Waals surface area (Å²) < 4.78 is 0. The Morgan fingerprint density at radius 3 is 3.00 bits per heavy atom. The standard InChI is InChI=1S/C13H12/c1-3-4-9-12(2)13-10-7-5-6-8-11-13/h3-5,7-11H,1-2H2/b9-4-. The van der Waals surface area contributed by atoms with Crippen LogP contribution in [-0.2, 0) is 0 Å². The number of hydrogen-bond donors (Lipinski definition) is 0. The molecule has 0 aromatic carbocycles. The van der Waals surface area contributed by atoms with Gasteiger partial charge in [0.25, 0.3) is 0 Å². The Morgan fingerprint density at radius 1 is 1.38 bits per heavy atom. The number of rotatable bonds is 3. The van der Waals surface area contributed by atoms with E-state index in [1.54, 1.807) is 6.08 Å². The van der Waals surface area contributed by atoms with Gasteiger partial charge in [0.05, 0.1) is 0 Å². The van der Waals surface area contributed by atoms with Crippen LogP contribution in [0.1, 0.15) is 0 Å². The molecule has 0 N–H and O–H groups in total. The molecular weight excluding hydrogens is 156 g/mol. The Morgan fingerprint density at radius 2 is 2.23 bits per heavy atom. The fourth-order valence-corrected chi connectivity index (χ4v) is 0.951. The smallest absolute Gasteiger partial charge is 0.0184 e. The monoisotopic (exact) mass is 168 g/mol. The molecule has 0 unspecified atom stereocenters. The molecule has 0 heterocycles. The van der Waals surface area contributed by atoms with Crippen LogP contribution in [0.15, 0.2) is 78.6 Å². The molecule has 0 bridgehead atoms. The Balaban J connectivity index is 2.79. The first-order chi connectivity index (χ1) is 6.34. The molecule has 0 aromatic rings. The molecule has 0 fully saturated rings. The van der Waals surface area contributed by atoms with Gasteiger partial charge in [-0.15, -0.1) is 5.73 Å². The van der Waals surface area contributed by atoms with E-state index >= 15 is 0 Å². The molecule has 0 amide bonds. The van der Waals surface area contributed by atoms with Gasteiger partial charge in [0.15, 0.2) is 0 Å². The van der Waals surface area contributed by atoms with E-state index in [0.717, 1.165) is 11.1 Å². The number of allylic oxidation sites excluding steroid dienone is 9. The van der Waals surface area contributed by atoms with Gasteiger partial charge in [0.1, 0.15) is 0 Å². The molecule has 0 spiro atoms. The molecule has 1 rings (SSSR count). The van der Waals surface area contributed by atoms with Crippen LogP contribution in [0, 0.1) is 0 Å². The second-order valence-corrected chi connectivity index (χ2v) is 2.60. The van der Waals surface area contributed by atoms with Crippen molar-refractivity contribution in [1.29, 1.82) is 0 Å². The third kappa shape index (κ3) is 2.98. The molecule has 0 atom stereocenters. The molecule has 0 saturated carbocycles. The molecule has 1 aliphatic rings. The van der Waals surface area contributed by atoms with Crippen molar-refractivity contribution >= 4 is 0 Å². The number of hydrogen-bond acceptors (Lipinski definition) is 0. The zero-order valence-corrected chi connectivity index (χ0v) is 7.53. The summed E-state index contributed by atoms with van der Waals surface area (Å²) in [7, 11) is 0. The van der Waals surface area contributed by atoms with Gasteiger partial charge in [-0.1, -0.05) is 43.5 Å². The van der Waals surface area contributed by atoms with Crippen LogP contribution < -0.4 is 0 Å². The largest absolute Gasteiger partial charge is 0.121 e. The molecule has 0 heteroatoms. The van der Waals surface area contributed by atoms with Crippen LogP contribution in [0.3, 0.4) is 0 Å². The van der Waals surface area contributed by atoms with Crippen LogP contribution in [0.2, 0.25) is 0 Å². The lowest BCUT2D eigenvalue weighted by atomic mass is 10.1. The summed E-state index contributed by atoms with van der Waals surface area (Å²) in [6, 6.07) is 0. The fourth-order valence-electron chi connectivity index (χ4n) is 0.951. The zero-order chi connectivity index (χ0) is 9.52. The van der Waals surface area contributed by atoms with Crippen LogP contribution in [-0.4, -0.2) is 0 Å². The summed E-state index contributed by atoms with van der Waals surface area (Å²) in [5, 5.41) is 0. The molecule has 64 valence electrons. The molecule has 13 heavy (non-hydrogen) atoms. The summed E-state index contributed by atoms with van der Waals surface area (Å²) in [4.78, 5) is 0. The second kappa shape index (κ2) is 4.97. The zero-order valence-electron chi connectivity index (χ0n) is 7.53. The van der Waals surface area contributed by atoms with Crippen LogP contribution in [0.4, 0.5) is 0 Å². The molecule has 0 aliphatic heterocycles. The topological polar surface area (TPSA) is 0 Å². The third-order valence-corrected chi connectivity index (χ3v) is 1.63. The van der Waals surface area contributed by atoms with Crippen molar-refractivity contribution in [3.8, 4) is 0 Å². The molecule has 0 saturated heterocycles. The van der Waals surface area contributed by atoms with E-state index in [0.29, 0.717) is 0 Å². The highest BCUT2D eigenvalue weighted by Gasteiger charge is 1.93.